The first-order valence-corrected chi connectivity index (χ1v) is 9.11. The summed E-state index contributed by atoms with van der Waals surface area (Å²) in [4.78, 5) is 4.99. The summed E-state index contributed by atoms with van der Waals surface area (Å²) in [5, 5.41) is 7.91. The van der Waals surface area contributed by atoms with Gasteiger partial charge in [0.15, 0.2) is 0 Å². The molecule has 0 spiro atoms. The molecule has 0 saturated carbocycles. The highest BCUT2D eigenvalue weighted by molar-refractivity contribution is 5.58. The van der Waals surface area contributed by atoms with Crippen molar-refractivity contribution in [2.24, 2.45) is 0 Å². The topological polar surface area (TPSA) is 36.3 Å². The van der Waals surface area contributed by atoms with Gasteiger partial charge in [0.2, 0.25) is 0 Å². The summed E-state index contributed by atoms with van der Waals surface area (Å²) >= 11 is 0. The zero-order valence-corrected chi connectivity index (χ0v) is 14.9. The summed E-state index contributed by atoms with van der Waals surface area (Å²) in [6.07, 6.45) is 5.20. The Balaban J connectivity index is 1.56. The van der Waals surface area contributed by atoms with E-state index in [1.807, 2.05) is 10.9 Å². The molecular formula is C19H29N5. The van der Waals surface area contributed by atoms with Gasteiger partial charge < -0.3 is 15.1 Å². The maximum atomic E-state index is 4.39. The average Bonchev–Trinajstić information content (AvgIpc) is 3.08. The van der Waals surface area contributed by atoms with Gasteiger partial charge in [0, 0.05) is 62.4 Å². The van der Waals surface area contributed by atoms with Crippen molar-refractivity contribution in [3.05, 3.63) is 42.2 Å². The normalized spacial score (nSPS) is 15.7. The number of nitrogens with one attached hydrogen (secondary N) is 1. The lowest BCUT2D eigenvalue weighted by molar-refractivity contribution is 0.271. The minimum atomic E-state index is 0.816. The minimum absolute atomic E-state index is 0.816. The monoisotopic (exact) mass is 327 g/mol. The largest absolute Gasteiger partial charge is 0.381 e. The number of piperazine rings is 1. The first-order valence-electron chi connectivity index (χ1n) is 9.11. The molecule has 0 unspecified atom stereocenters. The predicted molar refractivity (Wildman–Crippen MR) is 101 cm³/mol. The molecule has 0 amide bonds. The van der Waals surface area contributed by atoms with Crippen LogP contribution in [0, 0.1) is 0 Å². The van der Waals surface area contributed by atoms with E-state index >= 15 is 0 Å². The van der Waals surface area contributed by atoms with Crippen LogP contribution in [0.5, 0.6) is 0 Å². The fourth-order valence-corrected chi connectivity index (χ4v) is 3.19. The molecule has 1 aromatic heterocycles. The highest BCUT2D eigenvalue weighted by Gasteiger charge is 2.15. The Kier molecular flexibility index (Phi) is 5.75. The van der Waals surface area contributed by atoms with E-state index in [0.717, 1.165) is 52.2 Å². The van der Waals surface area contributed by atoms with Crippen LogP contribution in [-0.2, 0) is 13.1 Å². The summed E-state index contributed by atoms with van der Waals surface area (Å²) in [5.74, 6) is 0. The van der Waals surface area contributed by atoms with Crippen molar-refractivity contribution in [1.82, 2.24) is 14.7 Å². The van der Waals surface area contributed by atoms with Gasteiger partial charge in [-0.1, -0.05) is 19.9 Å². The van der Waals surface area contributed by atoms with E-state index in [9.17, 15) is 0 Å². The Morgan fingerprint density at radius 3 is 2.71 bits per heavy atom. The van der Waals surface area contributed by atoms with E-state index in [2.05, 4.69) is 64.5 Å². The standard InChI is InChI=1S/C19H29N5/c1-3-8-24-16-17(15-21-24)14-20-18-6-5-7-19(13-18)23-11-9-22(4-2)10-12-23/h5-7,13,15-16,20H,3-4,8-12,14H2,1-2H3. The van der Waals surface area contributed by atoms with Crippen LogP contribution < -0.4 is 10.2 Å². The van der Waals surface area contributed by atoms with Crippen molar-refractivity contribution in [3.8, 4) is 0 Å². The highest BCUT2D eigenvalue weighted by Crippen LogP contribution is 2.21. The van der Waals surface area contributed by atoms with Crippen molar-refractivity contribution in [1.29, 1.82) is 0 Å². The molecule has 5 nitrogen and oxygen atoms in total. The lowest BCUT2D eigenvalue weighted by Crippen LogP contribution is -2.46. The first kappa shape index (κ1) is 16.8. The molecule has 1 aliphatic heterocycles. The van der Waals surface area contributed by atoms with Crippen LogP contribution >= 0.6 is 0 Å². The Labute approximate surface area is 145 Å². The summed E-state index contributed by atoms with van der Waals surface area (Å²) in [7, 11) is 0. The molecule has 2 heterocycles. The van der Waals surface area contributed by atoms with Crippen molar-refractivity contribution < 1.29 is 0 Å². The zero-order valence-electron chi connectivity index (χ0n) is 14.9. The van der Waals surface area contributed by atoms with E-state index in [-0.39, 0.29) is 0 Å². The molecule has 0 atom stereocenters. The van der Waals surface area contributed by atoms with Gasteiger partial charge in [0.05, 0.1) is 6.20 Å². The average molecular weight is 327 g/mol. The quantitative estimate of drug-likeness (QED) is 0.848. The van der Waals surface area contributed by atoms with Crippen molar-refractivity contribution >= 4 is 11.4 Å². The van der Waals surface area contributed by atoms with Crippen LogP contribution in [0.1, 0.15) is 25.8 Å². The molecule has 0 bridgehead atoms. The van der Waals surface area contributed by atoms with Crippen LogP contribution in [0.3, 0.4) is 0 Å². The SMILES string of the molecule is CCCn1cc(CNc2cccc(N3CCN(CC)CC3)c2)cn1. The molecule has 0 radical (unpaired) electrons. The van der Waals surface area contributed by atoms with E-state index in [4.69, 9.17) is 0 Å². The van der Waals surface area contributed by atoms with Gasteiger partial charge in [0.1, 0.15) is 0 Å². The summed E-state index contributed by atoms with van der Waals surface area (Å²) in [5.41, 5.74) is 3.72. The number of likely N-dealkylation sites (N-methyl/N-ethyl adjacent to an activating group) is 1. The zero-order chi connectivity index (χ0) is 16.8. The number of anilines is 2. The van der Waals surface area contributed by atoms with Crippen molar-refractivity contribution in [3.63, 3.8) is 0 Å². The van der Waals surface area contributed by atoms with E-state index in [0.29, 0.717) is 0 Å². The minimum Gasteiger partial charge on any atom is -0.381 e. The number of aryl methyl sites for hydroxylation is 1. The van der Waals surface area contributed by atoms with Crippen LogP contribution in [0.4, 0.5) is 11.4 Å². The molecule has 5 heteroatoms. The molecule has 24 heavy (non-hydrogen) atoms. The molecule has 1 aromatic carbocycles. The molecule has 1 fully saturated rings. The summed E-state index contributed by atoms with van der Waals surface area (Å²) in [6.45, 7) is 11.9. The van der Waals surface area contributed by atoms with Crippen LogP contribution in [0.2, 0.25) is 0 Å². The number of hydrogen-bond donors (Lipinski definition) is 1. The van der Waals surface area contributed by atoms with Crippen molar-refractivity contribution in [2.75, 3.05) is 42.9 Å². The lowest BCUT2D eigenvalue weighted by Gasteiger charge is -2.35. The lowest BCUT2D eigenvalue weighted by atomic mass is 10.2. The van der Waals surface area contributed by atoms with Gasteiger partial charge in [0.25, 0.3) is 0 Å². The van der Waals surface area contributed by atoms with Crippen LogP contribution in [-0.4, -0.2) is 47.4 Å². The maximum absolute atomic E-state index is 4.39. The Hall–Kier alpha value is -2.01. The number of benzene rings is 1. The van der Waals surface area contributed by atoms with Crippen LogP contribution in [0.15, 0.2) is 36.7 Å². The second kappa shape index (κ2) is 8.20. The molecule has 3 rings (SSSR count). The van der Waals surface area contributed by atoms with E-state index in [1.54, 1.807) is 0 Å². The van der Waals surface area contributed by atoms with Gasteiger partial charge in [-0.3, -0.25) is 4.68 Å². The fourth-order valence-electron chi connectivity index (χ4n) is 3.19. The van der Waals surface area contributed by atoms with Gasteiger partial charge in [-0.25, -0.2) is 0 Å². The van der Waals surface area contributed by atoms with Crippen molar-refractivity contribution in [2.45, 2.75) is 33.4 Å². The van der Waals surface area contributed by atoms with E-state index in [1.165, 1.54) is 16.9 Å². The number of nitrogens with zero attached hydrogens (tertiary/aromatic N) is 4. The second-order valence-corrected chi connectivity index (χ2v) is 6.44. The third-order valence-electron chi connectivity index (χ3n) is 4.67. The Morgan fingerprint density at radius 1 is 1.12 bits per heavy atom. The maximum Gasteiger partial charge on any atom is 0.0539 e. The number of aromatic nitrogens is 2. The van der Waals surface area contributed by atoms with Gasteiger partial charge in [-0.05, 0) is 31.2 Å². The number of rotatable bonds is 7. The molecule has 2 aromatic rings. The molecule has 1 aliphatic rings. The van der Waals surface area contributed by atoms with E-state index < -0.39 is 0 Å². The third kappa shape index (κ3) is 4.29. The van der Waals surface area contributed by atoms with Gasteiger partial charge >= 0.3 is 0 Å². The summed E-state index contributed by atoms with van der Waals surface area (Å²) in [6, 6.07) is 8.76. The molecule has 130 valence electrons. The second-order valence-electron chi connectivity index (χ2n) is 6.44. The molecule has 1 saturated heterocycles. The molecule has 0 aliphatic carbocycles. The highest BCUT2D eigenvalue weighted by atomic mass is 15.3. The van der Waals surface area contributed by atoms with Gasteiger partial charge in [-0.2, -0.15) is 5.10 Å². The predicted octanol–water partition coefficient (Wildman–Crippen LogP) is 3.05. The molecule has 1 N–H and O–H groups in total. The summed E-state index contributed by atoms with van der Waals surface area (Å²) < 4.78 is 2.01. The number of hydrogen-bond acceptors (Lipinski definition) is 4. The van der Waals surface area contributed by atoms with Gasteiger partial charge in [-0.15, -0.1) is 0 Å². The Bertz CT molecular complexity index is 628. The third-order valence-corrected chi connectivity index (χ3v) is 4.67. The first-order chi connectivity index (χ1) is 11.8. The fraction of sp³-hybridized carbons (Fsp3) is 0.526. The smallest absolute Gasteiger partial charge is 0.0539 e. The molecular weight excluding hydrogens is 298 g/mol. The Morgan fingerprint density at radius 2 is 1.96 bits per heavy atom. The van der Waals surface area contributed by atoms with Crippen LogP contribution in [0.25, 0.3) is 0 Å².